The zero-order chi connectivity index (χ0) is 30.9. The normalized spacial score (nSPS) is 12.0. The van der Waals surface area contributed by atoms with Gasteiger partial charge < -0.3 is 10.4 Å². The number of nitrogens with one attached hydrogen (secondary N) is 1. The number of nitrogens with zero attached hydrogens (tertiary/aromatic N) is 2. The number of rotatable bonds is 20. The Labute approximate surface area is 256 Å². The first-order chi connectivity index (χ1) is 20.9. The number of allylic oxidation sites excluding steroid dienone is 2. The number of benzene rings is 2. The lowest BCUT2D eigenvalue weighted by atomic mass is 9.99. The van der Waals surface area contributed by atoms with Gasteiger partial charge in [0.05, 0.1) is 23.7 Å². The lowest BCUT2D eigenvalue weighted by Gasteiger charge is -2.15. The summed E-state index contributed by atoms with van der Waals surface area (Å²) in [7, 11) is 1.82. The van der Waals surface area contributed by atoms with Crippen LogP contribution < -0.4 is 10.9 Å². The number of hydrogen-bond donors (Lipinski definition) is 2. The predicted molar refractivity (Wildman–Crippen MR) is 176 cm³/mol. The van der Waals surface area contributed by atoms with Gasteiger partial charge in [0.15, 0.2) is 0 Å². The van der Waals surface area contributed by atoms with Gasteiger partial charge in [-0.3, -0.25) is 19.1 Å². The van der Waals surface area contributed by atoms with E-state index in [9.17, 15) is 19.5 Å². The van der Waals surface area contributed by atoms with E-state index < -0.39 is 11.9 Å². The summed E-state index contributed by atoms with van der Waals surface area (Å²) >= 11 is 0. The summed E-state index contributed by atoms with van der Waals surface area (Å²) in [6, 6.07) is 18.3. The number of unbranched alkanes of at least 4 members (excludes halogenated alkanes) is 11. The van der Waals surface area contributed by atoms with Crippen molar-refractivity contribution < 1.29 is 14.7 Å². The van der Waals surface area contributed by atoms with Gasteiger partial charge in [-0.15, -0.1) is 0 Å². The summed E-state index contributed by atoms with van der Waals surface area (Å²) in [5, 5.41) is 12.3. The molecule has 2 N–H and O–H groups in total. The van der Waals surface area contributed by atoms with Gasteiger partial charge in [0.25, 0.3) is 5.56 Å². The minimum atomic E-state index is -0.995. The zero-order valence-electron chi connectivity index (χ0n) is 26.0. The molecule has 1 atom stereocenters. The molecule has 0 saturated heterocycles. The van der Waals surface area contributed by atoms with Crippen molar-refractivity contribution in [1.82, 2.24) is 9.36 Å². The molecule has 0 radical (unpaired) electrons. The molecule has 0 bridgehead atoms. The van der Waals surface area contributed by atoms with Crippen LogP contribution >= 0.6 is 0 Å². The largest absolute Gasteiger partial charge is 0.481 e. The molecule has 2 aromatic carbocycles. The van der Waals surface area contributed by atoms with Crippen LogP contribution in [-0.4, -0.2) is 26.3 Å². The molecular formula is C36H49N3O4. The SMILES string of the molecule is CCCCCCCCCCCCC/C=C/C[C@H](CC(=O)O)C(=O)Nc1cccc(-c2cc(=O)n(-c3ccccc3)n2C)c1. The molecule has 0 spiro atoms. The smallest absolute Gasteiger partial charge is 0.304 e. The van der Waals surface area contributed by atoms with Gasteiger partial charge in [-0.1, -0.05) is 114 Å². The molecule has 0 fully saturated rings. The number of carbonyl (C=O) groups excluding carboxylic acids is 1. The quantitative estimate of drug-likeness (QED) is 0.102. The molecule has 232 valence electrons. The van der Waals surface area contributed by atoms with Gasteiger partial charge in [0, 0.05) is 24.4 Å². The van der Waals surface area contributed by atoms with Crippen LogP contribution in [0.25, 0.3) is 16.9 Å². The fourth-order valence-electron chi connectivity index (χ4n) is 5.47. The van der Waals surface area contributed by atoms with E-state index in [-0.39, 0.29) is 17.9 Å². The minimum Gasteiger partial charge on any atom is -0.481 e. The Kier molecular flexibility index (Phi) is 14.6. The van der Waals surface area contributed by atoms with Crippen molar-refractivity contribution in [2.75, 3.05) is 5.32 Å². The van der Waals surface area contributed by atoms with Crippen LogP contribution in [0.15, 0.2) is 77.6 Å². The summed E-state index contributed by atoms with van der Waals surface area (Å²) in [5.74, 6) is -1.99. The van der Waals surface area contributed by atoms with Crippen LogP contribution in [0.3, 0.4) is 0 Å². The minimum absolute atomic E-state index is 0.153. The summed E-state index contributed by atoms with van der Waals surface area (Å²) in [5.41, 5.74) is 2.65. The molecule has 3 aromatic rings. The highest BCUT2D eigenvalue weighted by atomic mass is 16.4. The summed E-state index contributed by atoms with van der Waals surface area (Å²) < 4.78 is 3.37. The second-order valence-electron chi connectivity index (χ2n) is 11.4. The maximum Gasteiger partial charge on any atom is 0.304 e. The van der Waals surface area contributed by atoms with E-state index in [1.54, 1.807) is 21.5 Å². The van der Waals surface area contributed by atoms with E-state index >= 15 is 0 Å². The van der Waals surface area contributed by atoms with E-state index in [1.165, 1.54) is 64.2 Å². The number of carboxylic acid groups (broad SMARTS) is 1. The molecule has 0 aliphatic carbocycles. The molecule has 43 heavy (non-hydrogen) atoms. The zero-order valence-corrected chi connectivity index (χ0v) is 26.0. The fraction of sp³-hybridized carbons (Fsp3) is 0.472. The van der Waals surface area contributed by atoms with Crippen molar-refractivity contribution in [3.8, 4) is 16.9 Å². The third kappa shape index (κ3) is 11.4. The number of aromatic nitrogens is 2. The van der Waals surface area contributed by atoms with E-state index in [1.807, 2.05) is 61.7 Å². The monoisotopic (exact) mass is 587 g/mol. The predicted octanol–water partition coefficient (Wildman–Crippen LogP) is 8.52. The molecule has 3 rings (SSSR count). The molecular weight excluding hydrogens is 538 g/mol. The van der Waals surface area contributed by atoms with Crippen molar-refractivity contribution >= 4 is 17.6 Å². The van der Waals surface area contributed by atoms with Crippen LogP contribution in [-0.2, 0) is 16.6 Å². The number of para-hydroxylation sites is 1. The molecule has 1 heterocycles. The Morgan fingerprint density at radius 3 is 2.14 bits per heavy atom. The summed E-state index contributed by atoms with van der Waals surface area (Å²) in [4.78, 5) is 37.4. The molecule has 0 aliphatic heterocycles. The van der Waals surface area contributed by atoms with Crippen LogP contribution in [0.5, 0.6) is 0 Å². The van der Waals surface area contributed by atoms with Crippen molar-refractivity contribution in [2.24, 2.45) is 13.0 Å². The van der Waals surface area contributed by atoms with Crippen molar-refractivity contribution in [1.29, 1.82) is 0 Å². The molecule has 7 nitrogen and oxygen atoms in total. The van der Waals surface area contributed by atoms with Crippen LogP contribution in [0.4, 0.5) is 5.69 Å². The number of aliphatic carboxylic acids is 1. The highest BCUT2D eigenvalue weighted by molar-refractivity contribution is 5.95. The van der Waals surface area contributed by atoms with Gasteiger partial charge in [-0.05, 0) is 43.5 Å². The van der Waals surface area contributed by atoms with Crippen molar-refractivity contribution in [3.63, 3.8) is 0 Å². The first-order valence-corrected chi connectivity index (χ1v) is 16.0. The molecule has 7 heteroatoms. The van der Waals surface area contributed by atoms with Crippen molar-refractivity contribution in [2.45, 2.75) is 96.8 Å². The van der Waals surface area contributed by atoms with E-state index in [4.69, 9.17) is 0 Å². The highest BCUT2D eigenvalue weighted by Gasteiger charge is 2.21. The maximum absolute atomic E-state index is 13.1. The second-order valence-corrected chi connectivity index (χ2v) is 11.4. The number of hydrogen-bond acceptors (Lipinski definition) is 3. The van der Waals surface area contributed by atoms with Crippen LogP contribution in [0.1, 0.15) is 96.8 Å². The molecule has 1 aromatic heterocycles. The Hall–Kier alpha value is -3.87. The van der Waals surface area contributed by atoms with Gasteiger partial charge in [0.2, 0.25) is 5.91 Å². The third-order valence-electron chi connectivity index (χ3n) is 7.90. The average molecular weight is 588 g/mol. The van der Waals surface area contributed by atoms with Gasteiger partial charge in [-0.25, -0.2) is 4.68 Å². The lowest BCUT2D eigenvalue weighted by Crippen LogP contribution is -2.24. The highest BCUT2D eigenvalue weighted by Crippen LogP contribution is 2.24. The molecule has 1 amide bonds. The first kappa shape index (κ1) is 33.6. The Bertz CT molecular complexity index is 1360. The lowest BCUT2D eigenvalue weighted by molar-refractivity contribution is -0.140. The molecule has 0 aliphatic rings. The Morgan fingerprint density at radius 1 is 0.837 bits per heavy atom. The standard InChI is InChI=1S/C36H49N3O4/c1-3-4-5-6-7-8-9-10-11-12-13-14-15-17-21-30(27-35(41)42)36(43)37-31-23-20-22-29(26-31)33-28-34(40)39(38(33)2)32-24-18-16-19-25-32/h15-20,22-26,28,30H,3-14,21,27H2,1-2H3,(H,37,43)(H,41,42)/b17-15+/t30-/m1/s1. The number of carbonyl (C=O) groups is 2. The average Bonchev–Trinajstić information content (AvgIpc) is 3.30. The number of anilines is 1. The second kappa shape index (κ2) is 18.6. The van der Waals surface area contributed by atoms with E-state index in [2.05, 4.69) is 18.3 Å². The number of amides is 1. The van der Waals surface area contributed by atoms with Gasteiger partial charge in [0.1, 0.15) is 0 Å². The van der Waals surface area contributed by atoms with Gasteiger partial charge in [-0.2, -0.15) is 0 Å². The van der Waals surface area contributed by atoms with Crippen LogP contribution in [0, 0.1) is 5.92 Å². The molecule has 0 saturated carbocycles. The maximum atomic E-state index is 13.1. The first-order valence-electron chi connectivity index (χ1n) is 16.0. The Balaban J connectivity index is 1.48. The summed E-state index contributed by atoms with van der Waals surface area (Å²) in [6.45, 7) is 2.25. The van der Waals surface area contributed by atoms with E-state index in [0.717, 1.165) is 24.1 Å². The van der Waals surface area contributed by atoms with Crippen molar-refractivity contribution in [3.05, 3.63) is 83.2 Å². The Morgan fingerprint density at radius 2 is 1.49 bits per heavy atom. The van der Waals surface area contributed by atoms with Gasteiger partial charge >= 0.3 is 5.97 Å². The fourth-order valence-corrected chi connectivity index (χ4v) is 5.47. The summed E-state index contributed by atoms with van der Waals surface area (Å²) in [6.07, 6.45) is 19.4. The molecule has 0 unspecified atom stereocenters. The topological polar surface area (TPSA) is 93.3 Å². The third-order valence-corrected chi connectivity index (χ3v) is 7.90. The van der Waals surface area contributed by atoms with Crippen LogP contribution in [0.2, 0.25) is 0 Å². The van der Waals surface area contributed by atoms with E-state index in [0.29, 0.717) is 17.8 Å². The number of carboxylic acids is 1.